The molecule has 8 aromatic rings. The number of fused-ring (bicyclic) bond motifs is 1. The van der Waals surface area contributed by atoms with Gasteiger partial charge in [0.15, 0.2) is 0 Å². The van der Waals surface area contributed by atoms with Gasteiger partial charge in [-0.2, -0.15) is 24.9 Å². The molecule has 0 saturated carbocycles. The number of hydrogen-bond acceptors (Lipinski definition) is 21. The standard InChI is InChI=1S/C64H70N6O17S4/c1-42-18-29-52(30-19-42)91(78,79)85-35-34-82-50-17-13-14-43(36-50)40-88-41-55(58(72)73)70(60(74)86-62(2,3)4)57(71)54(32-33-83-61(75)87-63(5,6)7)69-38-47(66-68-69)39-84-51-28-31-53-56(37-51)89-59(65-53)90(76,77)67-64(44-15-11-10-12-16-44,45-20-24-48(80-8)25-21-45)46-22-26-49(81-9)27-23-46/h10-31,36-38,54-55,67H,32-35,39-41H2,1-9H3,(H,72,73)/t54-,55+/m0/s1. The summed E-state index contributed by atoms with van der Waals surface area (Å²) in [5.74, 6) is -0.979. The van der Waals surface area contributed by atoms with Crippen LogP contribution in [-0.4, -0.2) is 128 Å². The Kier molecular flexibility index (Phi) is 22.2. The molecule has 2 N–H and O–H groups in total. The third-order valence-electron chi connectivity index (χ3n) is 13.4. The second kappa shape index (κ2) is 29.6. The number of aryl methyl sites for hydroxylation is 1. The number of methoxy groups -OCH3 is 2. The number of hydrogen-bond donors (Lipinski definition) is 2. The zero-order valence-corrected chi connectivity index (χ0v) is 54.7. The van der Waals surface area contributed by atoms with Crippen LogP contribution in [0.25, 0.3) is 10.2 Å². The number of aromatic nitrogens is 4. The van der Waals surface area contributed by atoms with Gasteiger partial charge in [-0.05, 0) is 137 Å². The molecule has 0 aliphatic rings. The van der Waals surface area contributed by atoms with Crippen LogP contribution in [0.15, 0.2) is 161 Å². The Morgan fingerprint density at radius 2 is 1.32 bits per heavy atom. The highest BCUT2D eigenvalue weighted by Gasteiger charge is 2.44. The van der Waals surface area contributed by atoms with Gasteiger partial charge in [-0.15, -0.1) is 16.4 Å². The average molecular weight is 1320 g/mol. The molecule has 27 heteroatoms. The summed E-state index contributed by atoms with van der Waals surface area (Å²) >= 11 is 2.00. The van der Waals surface area contributed by atoms with Gasteiger partial charge >= 0.3 is 18.2 Å². The largest absolute Gasteiger partial charge is 0.508 e. The molecule has 6 aromatic carbocycles. The maximum atomic E-state index is 15.0. The first kappa shape index (κ1) is 68.3. The normalized spacial score (nSPS) is 12.8. The molecule has 0 unspecified atom stereocenters. The van der Waals surface area contributed by atoms with E-state index in [-0.39, 0.29) is 58.4 Å². The number of sulfonamides is 1. The highest BCUT2D eigenvalue weighted by molar-refractivity contribution is 7.98. The molecule has 23 nitrogen and oxygen atoms in total. The number of thioether (sulfide) groups is 1. The summed E-state index contributed by atoms with van der Waals surface area (Å²) in [4.78, 5) is 60.3. The fourth-order valence-corrected chi connectivity index (χ4v) is 13.7. The predicted octanol–water partition coefficient (Wildman–Crippen LogP) is 10.9. The molecular weight excluding hydrogens is 1250 g/mol. The maximum Gasteiger partial charge on any atom is 0.508 e. The Bertz CT molecular complexity index is 3990. The van der Waals surface area contributed by atoms with E-state index < -0.39 is 79.7 Å². The Labute approximate surface area is 536 Å². The van der Waals surface area contributed by atoms with Crippen LogP contribution in [0.3, 0.4) is 0 Å². The Morgan fingerprint density at radius 1 is 0.703 bits per heavy atom. The average Bonchev–Trinajstić information content (AvgIpc) is 1.52. The highest BCUT2D eigenvalue weighted by Crippen LogP contribution is 2.41. The number of aliphatic carboxylic acids is 1. The fraction of sp³-hybridized carbons (Fsp3) is 0.328. The lowest BCUT2D eigenvalue weighted by molar-refractivity contribution is -0.150. The van der Waals surface area contributed by atoms with E-state index in [2.05, 4.69) is 20.0 Å². The first-order chi connectivity index (χ1) is 43.2. The summed E-state index contributed by atoms with van der Waals surface area (Å²) in [6.07, 6.45) is -1.33. The molecule has 0 saturated heterocycles. The van der Waals surface area contributed by atoms with Crippen molar-refractivity contribution in [2.75, 3.05) is 39.8 Å². The minimum absolute atomic E-state index is 0.00880. The van der Waals surface area contributed by atoms with Crippen LogP contribution in [-0.2, 0) is 66.0 Å². The zero-order chi connectivity index (χ0) is 65.7. The number of thiazole rings is 1. The van der Waals surface area contributed by atoms with Gasteiger partial charge in [-0.3, -0.25) is 8.98 Å². The molecule has 2 atom stereocenters. The number of rotatable bonds is 28. The van der Waals surface area contributed by atoms with Gasteiger partial charge in [0.05, 0.1) is 42.1 Å². The van der Waals surface area contributed by atoms with Crippen molar-refractivity contribution in [3.8, 4) is 23.0 Å². The van der Waals surface area contributed by atoms with E-state index in [9.17, 15) is 36.3 Å². The van der Waals surface area contributed by atoms with Crippen LogP contribution >= 0.6 is 23.1 Å². The van der Waals surface area contributed by atoms with Crippen molar-refractivity contribution in [3.05, 3.63) is 185 Å². The van der Waals surface area contributed by atoms with Gasteiger partial charge in [0.2, 0.25) is 4.34 Å². The van der Waals surface area contributed by atoms with Crippen molar-refractivity contribution in [2.45, 2.75) is 105 Å². The topological polar surface area (TPSA) is 289 Å². The van der Waals surface area contributed by atoms with Crippen molar-refractivity contribution in [1.29, 1.82) is 0 Å². The summed E-state index contributed by atoms with van der Waals surface area (Å²) < 4.78 is 104. The first-order valence-corrected chi connectivity index (χ1v) is 33.3. The molecule has 2 amide bonds. The number of carboxylic acids is 1. The molecule has 0 radical (unpaired) electrons. The molecule has 91 heavy (non-hydrogen) atoms. The minimum atomic E-state index is -4.43. The van der Waals surface area contributed by atoms with E-state index in [0.717, 1.165) is 33.3 Å². The summed E-state index contributed by atoms with van der Waals surface area (Å²) in [7, 11) is -5.37. The number of amides is 2. The number of nitrogens with zero attached hydrogens (tertiary/aromatic N) is 5. The van der Waals surface area contributed by atoms with E-state index >= 15 is 4.79 Å². The van der Waals surface area contributed by atoms with Gasteiger partial charge in [0.25, 0.3) is 26.0 Å². The lowest BCUT2D eigenvalue weighted by atomic mass is 9.78. The van der Waals surface area contributed by atoms with Crippen LogP contribution in [0, 0.1) is 6.92 Å². The van der Waals surface area contributed by atoms with E-state index in [1.807, 2.05) is 37.3 Å². The van der Waals surface area contributed by atoms with Crippen LogP contribution in [0.5, 0.6) is 23.0 Å². The summed E-state index contributed by atoms with van der Waals surface area (Å²) in [6.45, 7) is 10.3. The maximum absolute atomic E-state index is 15.0. The fourth-order valence-electron chi connectivity index (χ4n) is 9.16. The number of imide groups is 1. The SMILES string of the molecule is COc1ccc(C(NS(=O)(=O)c2nc3ccc(OCc4cn([C@@H](CCOC(=O)OC(C)(C)C)C(=O)N(C(=O)OC(C)(C)C)[C@H](CSCc5cccc(OCCOS(=O)(=O)c6ccc(C)cc6)c5)C(=O)O)nn4)cc3s2)(c2ccccc2)c2ccc(OC)cc2)cc1. The zero-order valence-electron chi connectivity index (χ0n) is 51.4. The molecule has 0 spiro atoms. The number of carbonyl (C=O) groups is 4. The lowest BCUT2D eigenvalue weighted by Crippen LogP contribution is -2.54. The molecular formula is C64H70N6O17S4. The summed E-state index contributed by atoms with van der Waals surface area (Å²) in [5, 5.41) is 19.2. The summed E-state index contributed by atoms with van der Waals surface area (Å²) in [6, 6.07) is 37.8. The quantitative estimate of drug-likeness (QED) is 0.0199. The second-order valence-electron chi connectivity index (χ2n) is 22.5. The van der Waals surface area contributed by atoms with Crippen LogP contribution in [0.4, 0.5) is 9.59 Å². The van der Waals surface area contributed by atoms with E-state index in [0.29, 0.717) is 54.6 Å². The minimum Gasteiger partial charge on any atom is -0.497 e. The number of carbonyl (C=O) groups excluding carboxylic acids is 3. The van der Waals surface area contributed by atoms with Crippen molar-refractivity contribution >= 4 is 77.6 Å². The second-order valence-corrected chi connectivity index (χ2v) is 28.1. The van der Waals surface area contributed by atoms with Gasteiger partial charge < -0.3 is 38.3 Å². The Hall–Kier alpha value is -8.60. The van der Waals surface area contributed by atoms with Crippen LogP contribution in [0.1, 0.15) is 87.5 Å². The third kappa shape index (κ3) is 18.1. The molecule has 482 valence electrons. The van der Waals surface area contributed by atoms with E-state index in [1.54, 1.807) is 159 Å². The van der Waals surface area contributed by atoms with Crippen LogP contribution in [0.2, 0.25) is 0 Å². The highest BCUT2D eigenvalue weighted by atomic mass is 32.2. The molecule has 0 aliphatic heterocycles. The predicted molar refractivity (Wildman–Crippen MR) is 339 cm³/mol. The monoisotopic (exact) mass is 1320 g/mol. The molecule has 0 fully saturated rings. The molecule has 8 rings (SSSR count). The number of carboxylic acid groups (broad SMARTS) is 1. The number of ether oxygens (including phenoxy) is 7. The lowest BCUT2D eigenvalue weighted by Gasteiger charge is -2.36. The van der Waals surface area contributed by atoms with Gasteiger partial charge in [0.1, 0.15) is 77.3 Å². The Balaban J connectivity index is 1.00. The third-order valence-corrected chi connectivity index (χ3v) is 18.7. The van der Waals surface area contributed by atoms with Crippen molar-refractivity contribution < 1.29 is 78.5 Å². The molecule has 0 bridgehead atoms. The van der Waals surface area contributed by atoms with E-state index in [4.69, 9.17) is 37.3 Å². The number of benzene rings is 6. The molecule has 2 heterocycles. The van der Waals surface area contributed by atoms with Gasteiger partial charge in [0, 0.05) is 17.9 Å². The van der Waals surface area contributed by atoms with E-state index in [1.165, 1.54) is 18.3 Å². The first-order valence-electron chi connectivity index (χ1n) is 28.4. The summed E-state index contributed by atoms with van der Waals surface area (Å²) in [5.41, 5.74) is 0.265. The van der Waals surface area contributed by atoms with Gasteiger partial charge in [-0.1, -0.05) is 89.6 Å². The van der Waals surface area contributed by atoms with Gasteiger partial charge in [-0.25, -0.2) is 37.4 Å². The Morgan fingerprint density at radius 3 is 1.93 bits per heavy atom. The number of nitrogens with one attached hydrogen (secondary N) is 1. The van der Waals surface area contributed by atoms with Crippen molar-refractivity contribution in [3.63, 3.8) is 0 Å². The van der Waals surface area contributed by atoms with Crippen molar-refractivity contribution in [1.82, 2.24) is 29.6 Å². The van der Waals surface area contributed by atoms with Crippen molar-refractivity contribution in [2.24, 2.45) is 0 Å². The molecule has 2 aromatic heterocycles. The van der Waals surface area contributed by atoms with Crippen LogP contribution < -0.4 is 23.7 Å². The molecule has 0 aliphatic carbocycles. The smallest absolute Gasteiger partial charge is 0.497 e.